The van der Waals surface area contributed by atoms with E-state index in [9.17, 15) is 14.9 Å². The molecule has 2 rings (SSSR count). The van der Waals surface area contributed by atoms with Crippen molar-refractivity contribution in [3.05, 3.63) is 69.8 Å². The van der Waals surface area contributed by atoms with Crippen LogP contribution in [0.5, 0.6) is 0 Å². The Morgan fingerprint density at radius 3 is 2.50 bits per heavy atom. The van der Waals surface area contributed by atoms with Crippen molar-refractivity contribution in [3.63, 3.8) is 0 Å². The third kappa shape index (κ3) is 3.26. The number of benzene rings is 2. The molecule has 0 unspecified atom stereocenters. The Morgan fingerprint density at radius 1 is 1.20 bits per heavy atom. The third-order valence-electron chi connectivity index (χ3n) is 2.60. The highest BCUT2D eigenvalue weighted by atomic mass is 16.6. The van der Waals surface area contributed by atoms with Crippen molar-refractivity contribution in [1.82, 2.24) is 0 Å². The fourth-order valence-corrected chi connectivity index (χ4v) is 1.58. The first-order chi connectivity index (χ1) is 9.56. The minimum Gasteiger partial charge on any atom is -0.366 e. The number of hydrogen-bond acceptors (Lipinski definition) is 4. The Balaban J connectivity index is 2.18. The Hall–Kier alpha value is -3.02. The Labute approximate surface area is 114 Å². The number of nitro benzene ring substituents is 1. The number of nitro groups is 1. The van der Waals surface area contributed by atoms with E-state index in [2.05, 4.69) is 4.99 Å². The molecule has 0 aliphatic carbocycles. The van der Waals surface area contributed by atoms with Crippen molar-refractivity contribution in [2.75, 3.05) is 0 Å². The minimum absolute atomic E-state index is 0.0121. The summed E-state index contributed by atoms with van der Waals surface area (Å²) < 4.78 is 0. The maximum Gasteiger partial charge on any atom is 0.270 e. The van der Waals surface area contributed by atoms with Crippen LogP contribution < -0.4 is 5.73 Å². The van der Waals surface area contributed by atoms with Gasteiger partial charge in [-0.1, -0.05) is 12.1 Å². The van der Waals surface area contributed by atoms with E-state index in [-0.39, 0.29) is 5.69 Å². The number of nitrogens with zero attached hydrogens (tertiary/aromatic N) is 2. The van der Waals surface area contributed by atoms with E-state index in [1.807, 2.05) is 0 Å². The van der Waals surface area contributed by atoms with Crippen LogP contribution in [0.25, 0.3) is 0 Å². The smallest absolute Gasteiger partial charge is 0.270 e. The summed E-state index contributed by atoms with van der Waals surface area (Å²) in [5, 5.41) is 10.6. The maximum atomic E-state index is 10.9. The van der Waals surface area contributed by atoms with Gasteiger partial charge in [0.15, 0.2) is 0 Å². The first-order valence-electron chi connectivity index (χ1n) is 5.74. The lowest BCUT2D eigenvalue weighted by Gasteiger charge is -1.97. The van der Waals surface area contributed by atoms with Gasteiger partial charge in [-0.2, -0.15) is 0 Å². The molecule has 0 aliphatic heterocycles. The molecule has 0 fully saturated rings. The quantitative estimate of drug-likeness (QED) is 0.524. The largest absolute Gasteiger partial charge is 0.366 e. The van der Waals surface area contributed by atoms with Crippen molar-refractivity contribution in [1.29, 1.82) is 0 Å². The Morgan fingerprint density at radius 2 is 1.90 bits per heavy atom. The molecule has 2 aromatic rings. The highest BCUT2D eigenvalue weighted by Crippen LogP contribution is 2.15. The van der Waals surface area contributed by atoms with Crippen molar-refractivity contribution in [2.24, 2.45) is 10.7 Å². The van der Waals surface area contributed by atoms with Gasteiger partial charge in [0.25, 0.3) is 5.69 Å². The molecule has 6 nitrogen and oxygen atoms in total. The monoisotopic (exact) mass is 269 g/mol. The molecular weight excluding hydrogens is 258 g/mol. The summed E-state index contributed by atoms with van der Waals surface area (Å²) in [6, 6.07) is 12.6. The number of aliphatic imine (C=N–C) groups is 1. The molecule has 2 N–H and O–H groups in total. The van der Waals surface area contributed by atoms with Crippen molar-refractivity contribution < 1.29 is 9.72 Å². The fourth-order valence-electron chi connectivity index (χ4n) is 1.58. The van der Waals surface area contributed by atoms with E-state index >= 15 is 0 Å². The highest BCUT2D eigenvalue weighted by molar-refractivity contribution is 5.93. The number of primary amides is 1. The number of hydrogen-bond donors (Lipinski definition) is 1. The molecule has 0 atom stereocenters. The molecule has 0 aromatic heterocycles. The van der Waals surface area contributed by atoms with Gasteiger partial charge in [0.2, 0.25) is 5.91 Å². The van der Waals surface area contributed by atoms with Crippen LogP contribution in [0.15, 0.2) is 53.5 Å². The van der Waals surface area contributed by atoms with Gasteiger partial charge < -0.3 is 5.73 Å². The zero-order chi connectivity index (χ0) is 14.5. The third-order valence-corrected chi connectivity index (χ3v) is 2.60. The number of rotatable bonds is 4. The van der Waals surface area contributed by atoms with Crippen molar-refractivity contribution in [3.8, 4) is 0 Å². The van der Waals surface area contributed by atoms with Crippen molar-refractivity contribution in [2.45, 2.75) is 0 Å². The van der Waals surface area contributed by atoms with E-state index < -0.39 is 10.8 Å². The number of amides is 1. The Kier molecular flexibility index (Phi) is 3.85. The summed E-state index contributed by atoms with van der Waals surface area (Å²) in [7, 11) is 0. The second-order valence-corrected chi connectivity index (χ2v) is 4.02. The average Bonchev–Trinajstić information content (AvgIpc) is 2.46. The number of carbonyl (C=O) groups excluding carboxylic acids is 1. The summed E-state index contributed by atoms with van der Waals surface area (Å²) in [4.78, 5) is 25.3. The molecule has 0 aliphatic rings. The van der Waals surface area contributed by atoms with E-state index in [0.717, 1.165) is 0 Å². The van der Waals surface area contributed by atoms with Gasteiger partial charge in [-0.15, -0.1) is 0 Å². The van der Waals surface area contributed by atoms with Crippen LogP contribution in [0.3, 0.4) is 0 Å². The van der Waals surface area contributed by atoms with Gasteiger partial charge in [0.1, 0.15) is 0 Å². The molecule has 6 heteroatoms. The maximum absolute atomic E-state index is 10.9. The van der Waals surface area contributed by atoms with E-state index in [4.69, 9.17) is 5.73 Å². The molecule has 0 bridgehead atoms. The van der Waals surface area contributed by atoms with Gasteiger partial charge in [-0.05, 0) is 29.8 Å². The fraction of sp³-hybridized carbons (Fsp3) is 0. The minimum atomic E-state index is -0.501. The average molecular weight is 269 g/mol. The summed E-state index contributed by atoms with van der Waals surface area (Å²) in [6.07, 6.45) is 1.52. The zero-order valence-corrected chi connectivity index (χ0v) is 10.4. The normalized spacial score (nSPS) is 10.6. The topological polar surface area (TPSA) is 98.6 Å². The van der Waals surface area contributed by atoms with E-state index in [1.54, 1.807) is 36.4 Å². The van der Waals surface area contributed by atoms with Gasteiger partial charge >= 0.3 is 0 Å². The highest BCUT2D eigenvalue weighted by Gasteiger charge is 2.04. The van der Waals surface area contributed by atoms with Crippen LogP contribution >= 0.6 is 0 Å². The van der Waals surface area contributed by atoms with Gasteiger partial charge in [-0.25, -0.2) is 0 Å². The molecule has 1 amide bonds. The first kappa shape index (κ1) is 13.4. The molecule has 0 saturated carbocycles. The van der Waals surface area contributed by atoms with Crippen LogP contribution in [0, 0.1) is 10.1 Å². The number of non-ortho nitro benzene ring substituents is 1. The molecule has 100 valence electrons. The van der Waals surface area contributed by atoms with Crippen LogP contribution in [0.2, 0.25) is 0 Å². The lowest BCUT2D eigenvalue weighted by molar-refractivity contribution is -0.384. The Bertz CT molecular complexity index is 678. The molecular formula is C14H11N3O3. The van der Waals surface area contributed by atoms with Crippen molar-refractivity contribution >= 4 is 23.5 Å². The van der Waals surface area contributed by atoms with Crippen LogP contribution in [0.1, 0.15) is 15.9 Å². The first-order valence-corrected chi connectivity index (χ1v) is 5.74. The second kappa shape index (κ2) is 5.75. The molecule has 0 saturated heterocycles. The van der Waals surface area contributed by atoms with Crippen LogP contribution in [0.4, 0.5) is 11.4 Å². The lowest BCUT2D eigenvalue weighted by Crippen LogP contribution is -2.10. The van der Waals surface area contributed by atoms with Crippen LogP contribution in [-0.2, 0) is 0 Å². The zero-order valence-electron chi connectivity index (χ0n) is 10.4. The van der Waals surface area contributed by atoms with E-state index in [1.165, 1.54) is 18.3 Å². The summed E-state index contributed by atoms with van der Waals surface area (Å²) in [5.74, 6) is -0.501. The SMILES string of the molecule is NC(=O)c1ccc(N=Cc2cccc([N+](=O)[O-])c2)cc1. The van der Waals surface area contributed by atoms with Gasteiger partial charge in [0, 0.05) is 23.9 Å². The molecule has 0 heterocycles. The van der Waals surface area contributed by atoms with Gasteiger partial charge in [0.05, 0.1) is 10.6 Å². The predicted octanol–water partition coefficient (Wildman–Crippen LogP) is 2.44. The second-order valence-electron chi connectivity index (χ2n) is 4.02. The molecule has 2 aromatic carbocycles. The summed E-state index contributed by atoms with van der Waals surface area (Å²) in [6.45, 7) is 0. The number of nitrogens with two attached hydrogens (primary N) is 1. The standard InChI is InChI=1S/C14H11N3O3/c15-14(18)11-4-6-12(7-5-11)16-9-10-2-1-3-13(8-10)17(19)20/h1-9H,(H2,15,18). The number of carbonyl (C=O) groups is 1. The molecule has 20 heavy (non-hydrogen) atoms. The van der Waals surface area contributed by atoms with Gasteiger partial charge in [-0.3, -0.25) is 19.9 Å². The summed E-state index contributed by atoms with van der Waals surface area (Å²) >= 11 is 0. The van der Waals surface area contributed by atoms with E-state index in [0.29, 0.717) is 16.8 Å². The lowest BCUT2D eigenvalue weighted by atomic mass is 10.2. The summed E-state index contributed by atoms with van der Waals surface area (Å²) in [5.41, 5.74) is 6.80. The van der Waals surface area contributed by atoms with Crippen LogP contribution in [-0.4, -0.2) is 17.0 Å². The predicted molar refractivity (Wildman–Crippen MR) is 75.3 cm³/mol. The molecule has 0 radical (unpaired) electrons. The molecule has 0 spiro atoms.